The summed E-state index contributed by atoms with van der Waals surface area (Å²) in [4.78, 5) is 4.78. The maximum Gasteiger partial charge on any atom is 0.122 e. The minimum absolute atomic E-state index is 0.480. The van der Waals surface area contributed by atoms with Crippen molar-refractivity contribution in [3.05, 3.63) is 95.6 Å². The monoisotopic (exact) mass is 446 g/mol. The van der Waals surface area contributed by atoms with Crippen LogP contribution in [0.2, 0.25) is 0 Å². The molecular formula is C28H34N2O3. The Bertz CT molecular complexity index is 970. The van der Waals surface area contributed by atoms with E-state index in [0.29, 0.717) is 13.2 Å². The fourth-order valence-electron chi connectivity index (χ4n) is 4.26. The van der Waals surface area contributed by atoms with Crippen molar-refractivity contribution < 1.29 is 14.6 Å². The summed E-state index contributed by atoms with van der Waals surface area (Å²) < 4.78 is 11.4. The molecule has 4 rings (SSSR count). The van der Waals surface area contributed by atoms with Gasteiger partial charge in [0.15, 0.2) is 0 Å². The molecule has 3 aromatic rings. The Kier molecular flexibility index (Phi) is 8.36. The van der Waals surface area contributed by atoms with Crippen molar-refractivity contribution >= 4 is 0 Å². The maximum atomic E-state index is 10.6. The van der Waals surface area contributed by atoms with E-state index in [1.165, 1.54) is 11.1 Å². The van der Waals surface area contributed by atoms with Gasteiger partial charge in [0.05, 0.1) is 13.2 Å². The normalized spacial score (nSPS) is 15.8. The predicted octanol–water partition coefficient (Wildman–Crippen LogP) is 4.02. The number of hydrogen-bond donors (Lipinski definition) is 1. The van der Waals surface area contributed by atoms with Gasteiger partial charge in [-0.2, -0.15) is 0 Å². The van der Waals surface area contributed by atoms with Crippen LogP contribution in [0.25, 0.3) is 0 Å². The molecule has 5 nitrogen and oxygen atoms in total. The number of β-amino-alcohol motifs (C(OH)–C–C–N with tert-alkyl or cyclic N) is 1. The van der Waals surface area contributed by atoms with Crippen LogP contribution in [0.15, 0.2) is 78.9 Å². The van der Waals surface area contributed by atoms with Crippen LogP contribution in [0, 0.1) is 0 Å². The highest BCUT2D eigenvalue weighted by Crippen LogP contribution is 2.22. The zero-order chi connectivity index (χ0) is 22.9. The number of piperazine rings is 1. The van der Waals surface area contributed by atoms with Gasteiger partial charge in [0.1, 0.15) is 18.1 Å². The summed E-state index contributed by atoms with van der Waals surface area (Å²) in [7, 11) is 1.65. The van der Waals surface area contributed by atoms with E-state index in [9.17, 15) is 5.11 Å². The van der Waals surface area contributed by atoms with Crippen LogP contribution in [0.4, 0.5) is 0 Å². The van der Waals surface area contributed by atoms with Gasteiger partial charge in [-0.05, 0) is 34.9 Å². The van der Waals surface area contributed by atoms with Gasteiger partial charge >= 0.3 is 0 Å². The van der Waals surface area contributed by atoms with Gasteiger partial charge in [0.2, 0.25) is 0 Å². The first kappa shape index (κ1) is 23.3. The minimum Gasteiger partial charge on any atom is -0.497 e. The lowest BCUT2D eigenvalue weighted by Gasteiger charge is -2.35. The van der Waals surface area contributed by atoms with Crippen LogP contribution in [-0.4, -0.2) is 67.9 Å². The van der Waals surface area contributed by atoms with Crippen molar-refractivity contribution in [2.24, 2.45) is 0 Å². The Balaban J connectivity index is 1.19. The summed E-state index contributed by atoms with van der Waals surface area (Å²) in [6.07, 6.45) is 0.401. The highest BCUT2D eigenvalue weighted by molar-refractivity contribution is 5.37. The summed E-state index contributed by atoms with van der Waals surface area (Å²) in [5, 5.41) is 10.6. The van der Waals surface area contributed by atoms with E-state index >= 15 is 0 Å². The molecule has 1 unspecified atom stereocenters. The Morgan fingerprint density at radius 1 is 0.818 bits per heavy atom. The first-order chi connectivity index (χ1) is 16.2. The van der Waals surface area contributed by atoms with E-state index in [4.69, 9.17) is 9.47 Å². The average molecular weight is 447 g/mol. The Hall–Kier alpha value is -2.86. The number of aliphatic hydroxyl groups is 1. The molecule has 1 aliphatic rings. The van der Waals surface area contributed by atoms with Crippen LogP contribution < -0.4 is 9.47 Å². The lowest BCUT2D eigenvalue weighted by molar-refractivity contribution is 0.0675. The number of benzene rings is 3. The van der Waals surface area contributed by atoms with Crippen molar-refractivity contribution in [1.82, 2.24) is 9.80 Å². The van der Waals surface area contributed by atoms with E-state index in [-0.39, 0.29) is 0 Å². The lowest BCUT2D eigenvalue weighted by Crippen LogP contribution is -2.48. The molecule has 1 fully saturated rings. The van der Waals surface area contributed by atoms with Crippen molar-refractivity contribution in [1.29, 1.82) is 0 Å². The van der Waals surface area contributed by atoms with E-state index in [0.717, 1.165) is 56.2 Å². The van der Waals surface area contributed by atoms with E-state index in [2.05, 4.69) is 52.3 Å². The molecule has 1 N–H and O–H groups in total. The van der Waals surface area contributed by atoms with Crippen molar-refractivity contribution in [3.8, 4) is 11.5 Å². The van der Waals surface area contributed by atoms with Gasteiger partial charge in [-0.1, -0.05) is 60.7 Å². The highest BCUT2D eigenvalue weighted by atomic mass is 16.5. The highest BCUT2D eigenvalue weighted by Gasteiger charge is 2.20. The first-order valence-corrected chi connectivity index (χ1v) is 11.7. The predicted molar refractivity (Wildman–Crippen MR) is 132 cm³/mol. The summed E-state index contributed by atoms with van der Waals surface area (Å²) in [6.45, 7) is 6.14. The van der Waals surface area contributed by atoms with Crippen LogP contribution >= 0.6 is 0 Å². The molecule has 5 heteroatoms. The van der Waals surface area contributed by atoms with Crippen LogP contribution in [0.5, 0.6) is 11.5 Å². The summed E-state index contributed by atoms with van der Waals surface area (Å²) in [5.74, 6) is 1.78. The molecule has 1 heterocycles. The summed E-state index contributed by atoms with van der Waals surface area (Å²) in [6, 6.07) is 26.5. The number of nitrogens with zero attached hydrogens (tertiary/aromatic N) is 2. The zero-order valence-electron chi connectivity index (χ0n) is 19.4. The SMILES string of the molecule is COc1ccc(C(O)CN2CCN(CCOc3ccccc3Cc3ccccc3)CC2)cc1. The van der Waals surface area contributed by atoms with Gasteiger partial charge in [-0.15, -0.1) is 0 Å². The molecule has 1 atom stereocenters. The quantitative estimate of drug-likeness (QED) is 0.510. The molecule has 0 radical (unpaired) electrons. The fraction of sp³-hybridized carbons (Fsp3) is 0.357. The molecule has 0 aromatic heterocycles. The number of methoxy groups -OCH3 is 1. The van der Waals surface area contributed by atoms with Crippen LogP contribution in [0.3, 0.4) is 0 Å². The molecule has 0 aliphatic carbocycles. The molecule has 174 valence electrons. The molecule has 1 aliphatic heterocycles. The standard InChI is InChI=1S/C28H34N2O3/c1-32-26-13-11-24(12-14-26)27(31)22-30-17-15-29(16-18-30)19-20-33-28-10-6-5-9-25(28)21-23-7-3-2-4-8-23/h2-14,27,31H,15-22H2,1H3. The van der Waals surface area contributed by atoms with Gasteiger partial charge < -0.3 is 14.6 Å². The van der Waals surface area contributed by atoms with Gasteiger partial charge in [-0.25, -0.2) is 0 Å². The first-order valence-electron chi connectivity index (χ1n) is 11.7. The molecule has 1 saturated heterocycles. The molecule has 3 aromatic carbocycles. The topological polar surface area (TPSA) is 45.2 Å². The molecule has 0 saturated carbocycles. The maximum absolute atomic E-state index is 10.6. The molecule has 33 heavy (non-hydrogen) atoms. The van der Waals surface area contributed by atoms with Crippen molar-refractivity contribution in [3.63, 3.8) is 0 Å². The van der Waals surface area contributed by atoms with E-state index in [1.54, 1.807) is 7.11 Å². The largest absolute Gasteiger partial charge is 0.497 e. The number of rotatable bonds is 10. The fourth-order valence-corrected chi connectivity index (χ4v) is 4.26. The Labute approximate surface area is 197 Å². The van der Waals surface area contributed by atoms with Gasteiger partial charge in [0.25, 0.3) is 0 Å². The minimum atomic E-state index is -0.480. The average Bonchev–Trinajstić information content (AvgIpc) is 2.87. The summed E-state index contributed by atoms with van der Waals surface area (Å²) in [5.41, 5.74) is 3.45. The number of hydrogen-bond acceptors (Lipinski definition) is 5. The smallest absolute Gasteiger partial charge is 0.122 e. The lowest BCUT2D eigenvalue weighted by atomic mass is 10.0. The van der Waals surface area contributed by atoms with Crippen molar-refractivity contribution in [2.75, 3.05) is 53.0 Å². The van der Waals surface area contributed by atoms with Crippen molar-refractivity contribution in [2.45, 2.75) is 12.5 Å². The third kappa shape index (κ3) is 6.81. The van der Waals surface area contributed by atoms with Crippen LogP contribution in [-0.2, 0) is 6.42 Å². The third-order valence-electron chi connectivity index (χ3n) is 6.27. The molecule has 0 spiro atoms. The summed E-state index contributed by atoms with van der Waals surface area (Å²) >= 11 is 0. The second-order valence-corrected chi connectivity index (χ2v) is 8.55. The second-order valence-electron chi connectivity index (χ2n) is 8.55. The number of aliphatic hydroxyl groups excluding tert-OH is 1. The molecular weight excluding hydrogens is 412 g/mol. The molecule has 0 bridgehead atoms. The Morgan fingerprint density at radius 2 is 1.48 bits per heavy atom. The Morgan fingerprint density at radius 3 is 2.21 bits per heavy atom. The number of para-hydroxylation sites is 1. The number of ether oxygens (including phenoxy) is 2. The van der Waals surface area contributed by atoms with Crippen LogP contribution in [0.1, 0.15) is 22.8 Å². The van der Waals surface area contributed by atoms with E-state index < -0.39 is 6.10 Å². The van der Waals surface area contributed by atoms with Gasteiger partial charge in [-0.3, -0.25) is 9.80 Å². The van der Waals surface area contributed by atoms with E-state index in [1.807, 2.05) is 36.4 Å². The second kappa shape index (κ2) is 11.8. The zero-order valence-corrected chi connectivity index (χ0v) is 19.4. The molecule has 0 amide bonds. The van der Waals surface area contributed by atoms with Gasteiger partial charge in [0, 0.05) is 45.7 Å². The third-order valence-corrected chi connectivity index (χ3v) is 6.27.